The molecule has 33 heavy (non-hydrogen) atoms. The van der Waals surface area contributed by atoms with Crippen molar-refractivity contribution in [2.45, 2.75) is 40.3 Å². The van der Waals surface area contributed by atoms with Crippen LogP contribution in [0.1, 0.15) is 38.8 Å². The summed E-state index contributed by atoms with van der Waals surface area (Å²) in [6, 6.07) is 7.37. The molecule has 8 heteroatoms. The van der Waals surface area contributed by atoms with Gasteiger partial charge in [-0.1, -0.05) is 12.1 Å². The molecule has 176 valence electrons. The van der Waals surface area contributed by atoms with Crippen LogP contribution in [0.15, 0.2) is 36.5 Å². The molecule has 0 saturated carbocycles. The van der Waals surface area contributed by atoms with E-state index in [1.807, 2.05) is 45.9 Å². The first-order chi connectivity index (χ1) is 15.6. The van der Waals surface area contributed by atoms with Crippen LogP contribution < -0.4 is 19.5 Å². The summed E-state index contributed by atoms with van der Waals surface area (Å²) >= 11 is 0. The molecule has 1 aliphatic rings. The van der Waals surface area contributed by atoms with Crippen molar-refractivity contribution in [2.75, 3.05) is 26.1 Å². The maximum atomic E-state index is 12.7. The normalized spacial score (nSPS) is 14.8. The summed E-state index contributed by atoms with van der Waals surface area (Å²) in [5.41, 5.74) is 0.883. The fourth-order valence-electron chi connectivity index (χ4n) is 3.20. The number of nitrogens with one attached hydrogen (secondary N) is 1. The Hall–Kier alpha value is -3.55. The van der Waals surface area contributed by atoms with Crippen molar-refractivity contribution >= 4 is 23.7 Å². The molecule has 1 aromatic heterocycles. The van der Waals surface area contributed by atoms with Gasteiger partial charge in [-0.2, -0.15) is 0 Å². The summed E-state index contributed by atoms with van der Waals surface area (Å²) in [6.45, 7) is 8.10. The zero-order valence-electron chi connectivity index (χ0n) is 20.0. The third-order valence-corrected chi connectivity index (χ3v) is 5.15. The Morgan fingerprint density at radius 2 is 2.12 bits per heavy atom. The van der Waals surface area contributed by atoms with Gasteiger partial charge in [-0.3, -0.25) is 9.59 Å². The second kappa shape index (κ2) is 9.94. The topological polar surface area (TPSA) is 90.0 Å². The monoisotopic (exact) mass is 453 g/mol. The molecule has 0 saturated heterocycles. The second-order valence-electron chi connectivity index (χ2n) is 8.88. The Balaban J connectivity index is 1.72. The lowest BCUT2D eigenvalue weighted by Gasteiger charge is -2.21. The van der Waals surface area contributed by atoms with Crippen molar-refractivity contribution in [1.82, 2.24) is 9.88 Å². The zero-order valence-corrected chi connectivity index (χ0v) is 20.0. The van der Waals surface area contributed by atoms with Crippen LogP contribution in [0.2, 0.25) is 0 Å². The summed E-state index contributed by atoms with van der Waals surface area (Å²) in [5.74, 6) is 1.79. The number of carbonyl (C=O) groups is 2. The standard InChI is InChI=1S/C25H31N3O5/c1-16(2)33-22-18(8-7-9-19(22)31-6)14-28(5)21(29)11-10-17-12-20-23(26-13-17)27-24(30)25(3,4)15-32-20/h7-13,16H,14-15H2,1-6H3,(H,26,27,30)/b11-10+. The van der Waals surface area contributed by atoms with Gasteiger partial charge in [0, 0.05) is 31.4 Å². The predicted octanol–water partition coefficient (Wildman–Crippen LogP) is 3.91. The van der Waals surface area contributed by atoms with Crippen molar-refractivity contribution in [3.05, 3.63) is 47.7 Å². The first-order valence-corrected chi connectivity index (χ1v) is 10.8. The average molecular weight is 454 g/mol. The van der Waals surface area contributed by atoms with Gasteiger partial charge in [0.15, 0.2) is 23.1 Å². The highest BCUT2D eigenvalue weighted by molar-refractivity contribution is 5.96. The SMILES string of the molecule is COc1cccc(CN(C)C(=O)/C=C/c2cnc3c(c2)OCC(C)(C)C(=O)N3)c1OC(C)C. The lowest BCUT2D eigenvalue weighted by molar-refractivity contribution is -0.125. The number of rotatable bonds is 7. The van der Waals surface area contributed by atoms with Gasteiger partial charge in [-0.25, -0.2) is 4.98 Å². The Morgan fingerprint density at radius 3 is 2.82 bits per heavy atom. The molecule has 0 aliphatic carbocycles. The number of benzene rings is 1. The van der Waals surface area contributed by atoms with Gasteiger partial charge in [0.2, 0.25) is 11.8 Å². The van der Waals surface area contributed by atoms with Crippen molar-refractivity contribution in [3.63, 3.8) is 0 Å². The molecule has 1 aliphatic heterocycles. The Bertz CT molecular complexity index is 1060. The molecule has 1 aromatic carbocycles. The summed E-state index contributed by atoms with van der Waals surface area (Å²) in [7, 11) is 3.32. The maximum Gasteiger partial charge on any atom is 0.246 e. The highest BCUT2D eigenvalue weighted by atomic mass is 16.5. The van der Waals surface area contributed by atoms with Crippen LogP contribution >= 0.6 is 0 Å². The first-order valence-electron chi connectivity index (χ1n) is 10.8. The van der Waals surface area contributed by atoms with E-state index in [9.17, 15) is 9.59 Å². The van der Waals surface area contributed by atoms with Gasteiger partial charge < -0.3 is 24.4 Å². The number of methoxy groups -OCH3 is 1. The number of ether oxygens (including phenoxy) is 3. The van der Waals surface area contributed by atoms with E-state index >= 15 is 0 Å². The molecule has 2 heterocycles. The largest absolute Gasteiger partial charge is 0.493 e. The third-order valence-electron chi connectivity index (χ3n) is 5.15. The smallest absolute Gasteiger partial charge is 0.246 e. The van der Waals surface area contributed by atoms with Crippen LogP contribution in [0.25, 0.3) is 6.08 Å². The summed E-state index contributed by atoms with van der Waals surface area (Å²) in [4.78, 5) is 30.8. The van der Waals surface area contributed by atoms with Crippen LogP contribution in [0.5, 0.6) is 17.2 Å². The summed E-state index contributed by atoms with van der Waals surface area (Å²) in [6.07, 6.45) is 4.71. The van der Waals surface area contributed by atoms with Gasteiger partial charge in [0.1, 0.15) is 6.61 Å². The average Bonchev–Trinajstić information content (AvgIpc) is 2.88. The minimum absolute atomic E-state index is 0.0285. The van der Waals surface area contributed by atoms with Crippen molar-refractivity contribution in [3.8, 4) is 17.2 Å². The summed E-state index contributed by atoms with van der Waals surface area (Å²) < 4.78 is 17.1. The van der Waals surface area contributed by atoms with Crippen LogP contribution in [0, 0.1) is 5.41 Å². The van der Waals surface area contributed by atoms with Crippen molar-refractivity contribution < 1.29 is 23.8 Å². The molecule has 0 spiro atoms. The van der Waals surface area contributed by atoms with Crippen molar-refractivity contribution in [2.24, 2.45) is 5.41 Å². The number of hydrogen-bond donors (Lipinski definition) is 1. The van der Waals surface area contributed by atoms with Gasteiger partial charge in [0.25, 0.3) is 0 Å². The number of pyridine rings is 1. The number of fused-ring (bicyclic) bond motifs is 1. The minimum Gasteiger partial charge on any atom is -0.493 e. The number of hydrogen-bond acceptors (Lipinski definition) is 6. The first kappa shape index (κ1) is 24.1. The molecule has 0 unspecified atom stereocenters. The molecule has 1 N–H and O–H groups in total. The van der Waals surface area contributed by atoms with Crippen LogP contribution in [0.3, 0.4) is 0 Å². The Kier molecular flexibility index (Phi) is 7.26. The van der Waals surface area contributed by atoms with Gasteiger partial charge in [-0.05, 0) is 51.5 Å². The summed E-state index contributed by atoms with van der Waals surface area (Å²) in [5, 5.41) is 2.78. The number of nitrogens with zero attached hydrogens (tertiary/aromatic N) is 2. The van der Waals surface area contributed by atoms with E-state index in [1.54, 1.807) is 37.4 Å². The molecule has 0 radical (unpaired) electrons. The van der Waals surface area contributed by atoms with E-state index < -0.39 is 5.41 Å². The Labute approximate surface area is 194 Å². The molecular weight excluding hydrogens is 422 g/mol. The molecule has 8 nitrogen and oxygen atoms in total. The maximum absolute atomic E-state index is 12.7. The molecule has 3 rings (SSSR count). The van der Waals surface area contributed by atoms with Crippen molar-refractivity contribution in [1.29, 1.82) is 0 Å². The number of carbonyl (C=O) groups excluding carboxylic acids is 2. The second-order valence-corrected chi connectivity index (χ2v) is 8.88. The third kappa shape index (κ3) is 5.83. The number of likely N-dealkylation sites (N-methyl/N-ethyl adjacent to an activating group) is 1. The van der Waals surface area contributed by atoms with Gasteiger partial charge in [-0.15, -0.1) is 0 Å². The minimum atomic E-state index is -0.659. The fraction of sp³-hybridized carbons (Fsp3) is 0.400. The van der Waals surface area contributed by atoms with E-state index in [4.69, 9.17) is 14.2 Å². The molecule has 0 atom stereocenters. The number of anilines is 1. The van der Waals surface area contributed by atoms with Crippen LogP contribution in [-0.2, 0) is 16.1 Å². The van der Waals surface area contributed by atoms with Gasteiger partial charge in [0.05, 0.1) is 18.6 Å². The van der Waals surface area contributed by atoms with E-state index in [1.165, 1.54) is 6.08 Å². The predicted molar refractivity (Wildman–Crippen MR) is 126 cm³/mol. The van der Waals surface area contributed by atoms with E-state index in [2.05, 4.69) is 10.3 Å². The molecule has 0 fully saturated rings. The Morgan fingerprint density at radius 1 is 1.36 bits per heavy atom. The lowest BCUT2D eigenvalue weighted by Crippen LogP contribution is -2.33. The van der Waals surface area contributed by atoms with Crippen LogP contribution in [0.4, 0.5) is 5.82 Å². The lowest BCUT2D eigenvalue weighted by atomic mass is 9.94. The van der Waals surface area contributed by atoms with E-state index in [0.29, 0.717) is 35.2 Å². The number of amides is 2. The molecular formula is C25H31N3O5. The quantitative estimate of drug-likeness (QED) is 0.640. The zero-order chi connectivity index (χ0) is 24.2. The van der Waals surface area contributed by atoms with E-state index in [-0.39, 0.29) is 24.5 Å². The van der Waals surface area contributed by atoms with E-state index in [0.717, 1.165) is 5.56 Å². The highest BCUT2D eigenvalue weighted by Crippen LogP contribution is 2.33. The fourth-order valence-corrected chi connectivity index (χ4v) is 3.20. The van der Waals surface area contributed by atoms with Gasteiger partial charge >= 0.3 is 0 Å². The number of aromatic nitrogens is 1. The molecule has 0 bridgehead atoms. The van der Waals surface area contributed by atoms with Crippen LogP contribution in [-0.4, -0.2) is 48.6 Å². The number of para-hydroxylation sites is 1. The highest BCUT2D eigenvalue weighted by Gasteiger charge is 2.32. The molecule has 2 aromatic rings. The molecule has 2 amide bonds.